The lowest BCUT2D eigenvalue weighted by atomic mass is 10.1. The van der Waals surface area contributed by atoms with E-state index in [1.54, 1.807) is 23.4 Å². The quantitative estimate of drug-likeness (QED) is 0.879. The largest absolute Gasteiger partial charge is 0.389 e. The molecule has 1 aliphatic rings. The smallest absolute Gasteiger partial charge is 0.244 e. The molecule has 94 valence electrons. The number of nitrogens with zero attached hydrogens (tertiary/aromatic N) is 3. The van der Waals surface area contributed by atoms with Gasteiger partial charge in [-0.05, 0) is 35.8 Å². The standard InChI is InChI=1S/C11H16BrN3O2/c1-11(2,17)7-14-4-3-8-5-9(12)13-15(8)6-10(14)16/h5,17H,3-4,6-7H2,1-2H3. The van der Waals surface area contributed by atoms with Gasteiger partial charge in [-0.3, -0.25) is 9.48 Å². The highest BCUT2D eigenvalue weighted by Gasteiger charge is 2.26. The van der Waals surface area contributed by atoms with E-state index >= 15 is 0 Å². The summed E-state index contributed by atoms with van der Waals surface area (Å²) in [4.78, 5) is 13.7. The van der Waals surface area contributed by atoms with Crippen molar-refractivity contribution in [2.45, 2.75) is 32.4 Å². The van der Waals surface area contributed by atoms with Crippen LogP contribution in [-0.4, -0.2) is 44.4 Å². The third-order valence-electron chi connectivity index (χ3n) is 2.69. The van der Waals surface area contributed by atoms with Gasteiger partial charge in [-0.25, -0.2) is 0 Å². The van der Waals surface area contributed by atoms with Crippen molar-refractivity contribution in [3.05, 3.63) is 16.4 Å². The Hall–Kier alpha value is -0.880. The predicted octanol–water partition coefficient (Wildman–Crippen LogP) is 0.801. The molecule has 2 rings (SSSR count). The van der Waals surface area contributed by atoms with Gasteiger partial charge < -0.3 is 10.0 Å². The van der Waals surface area contributed by atoms with Crippen molar-refractivity contribution in [1.29, 1.82) is 0 Å². The first-order valence-corrected chi connectivity index (χ1v) is 6.37. The molecule has 0 radical (unpaired) electrons. The Morgan fingerprint density at radius 1 is 1.59 bits per heavy atom. The zero-order chi connectivity index (χ0) is 12.6. The Morgan fingerprint density at radius 3 is 2.94 bits per heavy atom. The zero-order valence-electron chi connectivity index (χ0n) is 9.98. The Bertz CT molecular complexity index is 436. The summed E-state index contributed by atoms with van der Waals surface area (Å²) in [5.41, 5.74) is 0.186. The van der Waals surface area contributed by atoms with Crippen LogP contribution >= 0.6 is 15.9 Å². The van der Waals surface area contributed by atoms with Crippen LogP contribution in [0.4, 0.5) is 0 Å². The van der Waals surface area contributed by atoms with Crippen LogP contribution < -0.4 is 0 Å². The molecule has 0 aliphatic carbocycles. The van der Waals surface area contributed by atoms with Crippen LogP contribution in [0.3, 0.4) is 0 Å². The molecule has 0 atom stereocenters. The molecule has 1 amide bonds. The minimum Gasteiger partial charge on any atom is -0.389 e. The van der Waals surface area contributed by atoms with Crippen LogP contribution in [0.5, 0.6) is 0 Å². The van der Waals surface area contributed by atoms with E-state index in [4.69, 9.17) is 0 Å². The number of β-amino-alcohol motifs (C(OH)–C–C–N with tert-alkyl or cyclic N) is 1. The number of rotatable bonds is 2. The maximum Gasteiger partial charge on any atom is 0.244 e. The summed E-state index contributed by atoms with van der Waals surface area (Å²) in [7, 11) is 0. The molecule has 0 fully saturated rings. The van der Waals surface area contributed by atoms with Crippen molar-refractivity contribution in [1.82, 2.24) is 14.7 Å². The number of hydrogen-bond acceptors (Lipinski definition) is 3. The van der Waals surface area contributed by atoms with Crippen molar-refractivity contribution in [2.75, 3.05) is 13.1 Å². The minimum absolute atomic E-state index is 0.00137. The fourth-order valence-electron chi connectivity index (χ4n) is 2.00. The molecule has 2 heterocycles. The SMILES string of the molecule is CC(C)(O)CN1CCc2cc(Br)nn2CC1=O. The van der Waals surface area contributed by atoms with E-state index in [-0.39, 0.29) is 12.5 Å². The highest BCUT2D eigenvalue weighted by molar-refractivity contribution is 9.10. The van der Waals surface area contributed by atoms with Gasteiger partial charge in [-0.2, -0.15) is 5.10 Å². The lowest BCUT2D eigenvalue weighted by molar-refractivity contribution is -0.134. The second-order valence-electron chi connectivity index (χ2n) is 4.99. The molecule has 0 spiro atoms. The third-order valence-corrected chi connectivity index (χ3v) is 3.07. The van der Waals surface area contributed by atoms with Gasteiger partial charge in [-0.15, -0.1) is 0 Å². The van der Waals surface area contributed by atoms with Crippen molar-refractivity contribution in [3.63, 3.8) is 0 Å². The minimum atomic E-state index is -0.858. The number of carbonyl (C=O) groups is 1. The summed E-state index contributed by atoms with van der Waals surface area (Å²) in [6.07, 6.45) is 0.764. The van der Waals surface area contributed by atoms with Crippen molar-refractivity contribution in [2.24, 2.45) is 0 Å². The van der Waals surface area contributed by atoms with Crippen LogP contribution in [0, 0.1) is 0 Å². The van der Waals surface area contributed by atoms with Crippen LogP contribution in [0.15, 0.2) is 10.7 Å². The summed E-state index contributed by atoms with van der Waals surface area (Å²) >= 11 is 3.30. The molecule has 0 aromatic carbocycles. The van der Waals surface area contributed by atoms with E-state index in [1.807, 2.05) is 6.07 Å². The van der Waals surface area contributed by atoms with Crippen LogP contribution in [0.2, 0.25) is 0 Å². The van der Waals surface area contributed by atoms with Crippen molar-refractivity contribution in [3.8, 4) is 0 Å². The normalized spacial score (nSPS) is 16.9. The number of aliphatic hydroxyl groups is 1. The first-order valence-electron chi connectivity index (χ1n) is 5.57. The van der Waals surface area contributed by atoms with Gasteiger partial charge in [0.05, 0.1) is 5.60 Å². The highest BCUT2D eigenvalue weighted by Crippen LogP contribution is 2.16. The first-order chi connectivity index (χ1) is 7.85. The molecular formula is C11H16BrN3O2. The molecule has 0 saturated heterocycles. The Morgan fingerprint density at radius 2 is 2.29 bits per heavy atom. The van der Waals surface area contributed by atoms with Crippen LogP contribution in [-0.2, 0) is 17.8 Å². The summed E-state index contributed by atoms with van der Waals surface area (Å²) in [6, 6.07) is 1.93. The predicted molar refractivity (Wildman–Crippen MR) is 66.5 cm³/mol. The van der Waals surface area contributed by atoms with Gasteiger partial charge in [0.1, 0.15) is 11.1 Å². The van der Waals surface area contributed by atoms with Gasteiger partial charge in [0.2, 0.25) is 5.91 Å². The maximum absolute atomic E-state index is 12.0. The molecule has 1 aromatic heterocycles. The Kier molecular flexibility index (Phi) is 3.27. The lowest BCUT2D eigenvalue weighted by Crippen LogP contribution is -2.43. The van der Waals surface area contributed by atoms with Crippen molar-refractivity contribution < 1.29 is 9.90 Å². The Balaban J connectivity index is 2.13. The Labute approximate surface area is 109 Å². The third kappa shape index (κ3) is 3.07. The second-order valence-corrected chi connectivity index (χ2v) is 5.81. The molecule has 17 heavy (non-hydrogen) atoms. The molecule has 6 heteroatoms. The van der Waals surface area contributed by atoms with Crippen LogP contribution in [0.1, 0.15) is 19.5 Å². The molecule has 1 aromatic rings. The van der Waals surface area contributed by atoms with Crippen molar-refractivity contribution >= 4 is 21.8 Å². The number of aromatic nitrogens is 2. The zero-order valence-corrected chi connectivity index (χ0v) is 11.6. The fourth-order valence-corrected chi connectivity index (χ4v) is 2.45. The molecule has 5 nitrogen and oxygen atoms in total. The molecule has 0 saturated carbocycles. The molecule has 0 bridgehead atoms. The maximum atomic E-state index is 12.0. The highest BCUT2D eigenvalue weighted by atomic mass is 79.9. The van der Waals surface area contributed by atoms with Gasteiger partial charge in [0, 0.05) is 25.2 Å². The average molecular weight is 302 g/mol. The molecule has 1 aliphatic heterocycles. The van der Waals surface area contributed by atoms with E-state index < -0.39 is 5.60 Å². The van der Waals surface area contributed by atoms with E-state index in [2.05, 4.69) is 21.0 Å². The second kappa shape index (κ2) is 4.42. The van der Waals surface area contributed by atoms with E-state index in [1.165, 1.54) is 0 Å². The fraction of sp³-hybridized carbons (Fsp3) is 0.636. The molecule has 0 unspecified atom stereocenters. The molecule has 1 N–H and O–H groups in total. The number of carbonyl (C=O) groups excluding carboxylic acids is 1. The summed E-state index contributed by atoms with van der Waals surface area (Å²) < 4.78 is 2.48. The van der Waals surface area contributed by atoms with Gasteiger partial charge in [0.25, 0.3) is 0 Å². The lowest BCUT2D eigenvalue weighted by Gasteiger charge is -2.27. The topological polar surface area (TPSA) is 58.4 Å². The summed E-state index contributed by atoms with van der Waals surface area (Å²) in [6.45, 7) is 4.65. The van der Waals surface area contributed by atoms with Gasteiger partial charge in [0.15, 0.2) is 0 Å². The van der Waals surface area contributed by atoms with E-state index in [0.717, 1.165) is 16.7 Å². The van der Waals surface area contributed by atoms with E-state index in [9.17, 15) is 9.90 Å². The number of hydrogen-bond donors (Lipinski definition) is 1. The first kappa shape index (κ1) is 12.6. The average Bonchev–Trinajstić information content (AvgIpc) is 2.45. The summed E-state index contributed by atoms with van der Waals surface area (Å²) in [5, 5.41) is 14.0. The monoisotopic (exact) mass is 301 g/mol. The van der Waals surface area contributed by atoms with Crippen LogP contribution in [0.25, 0.3) is 0 Å². The summed E-state index contributed by atoms with van der Waals surface area (Å²) in [5.74, 6) is 0.00137. The van der Waals surface area contributed by atoms with E-state index in [0.29, 0.717) is 13.1 Å². The molecular weight excluding hydrogens is 286 g/mol. The number of halogens is 1. The number of amides is 1. The number of fused-ring (bicyclic) bond motifs is 1. The van der Waals surface area contributed by atoms with Gasteiger partial charge in [-0.1, -0.05) is 0 Å². The van der Waals surface area contributed by atoms with Gasteiger partial charge >= 0.3 is 0 Å².